The predicted molar refractivity (Wildman–Crippen MR) is 55.8 cm³/mol. The number of hydrogen-bond acceptors (Lipinski definition) is 3. The Balaban J connectivity index is 2.49. The largest absolute Gasteiger partial charge is 0.320 e. The van der Waals surface area contributed by atoms with Gasteiger partial charge in [-0.15, -0.1) is 0 Å². The molecule has 4 heteroatoms. The zero-order valence-electron chi connectivity index (χ0n) is 8.23. The van der Waals surface area contributed by atoms with Gasteiger partial charge in [0, 0.05) is 6.20 Å². The van der Waals surface area contributed by atoms with E-state index in [1.54, 1.807) is 18.3 Å². The second-order valence-electron chi connectivity index (χ2n) is 3.10. The van der Waals surface area contributed by atoms with E-state index in [4.69, 9.17) is 5.73 Å². The second kappa shape index (κ2) is 5.34. The molecule has 14 heavy (non-hydrogen) atoms. The van der Waals surface area contributed by atoms with Crippen molar-refractivity contribution in [3.8, 4) is 0 Å². The lowest BCUT2D eigenvalue weighted by atomic mass is 10.2. The normalized spacial score (nSPS) is 12.1. The van der Waals surface area contributed by atoms with Crippen molar-refractivity contribution >= 4 is 11.7 Å². The van der Waals surface area contributed by atoms with Crippen molar-refractivity contribution in [2.45, 2.75) is 25.8 Å². The number of pyridine rings is 1. The maximum absolute atomic E-state index is 11.4. The first-order chi connectivity index (χ1) is 6.74. The van der Waals surface area contributed by atoms with Gasteiger partial charge in [-0.1, -0.05) is 19.4 Å². The molecule has 0 radical (unpaired) electrons. The van der Waals surface area contributed by atoms with Crippen molar-refractivity contribution in [2.75, 3.05) is 5.32 Å². The average Bonchev–Trinajstić information content (AvgIpc) is 2.19. The first-order valence-electron chi connectivity index (χ1n) is 4.71. The van der Waals surface area contributed by atoms with Crippen LogP contribution in [0.5, 0.6) is 0 Å². The first-order valence-corrected chi connectivity index (χ1v) is 4.71. The van der Waals surface area contributed by atoms with Gasteiger partial charge < -0.3 is 11.1 Å². The maximum Gasteiger partial charge on any atom is 0.242 e. The van der Waals surface area contributed by atoms with Crippen LogP contribution in [-0.4, -0.2) is 16.9 Å². The molecule has 0 spiro atoms. The predicted octanol–water partition coefficient (Wildman–Crippen LogP) is 1.15. The summed E-state index contributed by atoms with van der Waals surface area (Å²) in [6, 6.07) is 4.90. The second-order valence-corrected chi connectivity index (χ2v) is 3.10. The fraction of sp³-hybridized carbons (Fsp3) is 0.400. The van der Waals surface area contributed by atoms with Crippen LogP contribution in [0, 0.1) is 0 Å². The lowest BCUT2D eigenvalue weighted by Crippen LogP contribution is -2.35. The fourth-order valence-corrected chi connectivity index (χ4v) is 1.10. The van der Waals surface area contributed by atoms with E-state index in [1.807, 2.05) is 13.0 Å². The van der Waals surface area contributed by atoms with E-state index in [9.17, 15) is 4.79 Å². The summed E-state index contributed by atoms with van der Waals surface area (Å²) in [5.41, 5.74) is 5.64. The molecule has 1 aromatic rings. The number of nitrogens with two attached hydrogens (primary N) is 1. The molecule has 0 bridgehead atoms. The van der Waals surface area contributed by atoms with E-state index < -0.39 is 6.04 Å². The Bertz CT molecular complexity index is 287. The first kappa shape index (κ1) is 10.7. The molecule has 1 amide bonds. The minimum atomic E-state index is -0.443. The number of nitrogens with one attached hydrogen (secondary N) is 1. The molecule has 1 aromatic heterocycles. The third kappa shape index (κ3) is 3.14. The summed E-state index contributed by atoms with van der Waals surface area (Å²) >= 11 is 0. The minimum Gasteiger partial charge on any atom is -0.320 e. The highest BCUT2D eigenvalue weighted by Gasteiger charge is 2.11. The lowest BCUT2D eigenvalue weighted by molar-refractivity contribution is -0.117. The van der Waals surface area contributed by atoms with Gasteiger partial charge in [-0.2, -0.15) is 0 Å². The van der Waals surface area contributed by atoms with Crippen LogP contribution < -0.4 is 11.1 Å². The molecule has 4 nitrogen and oxygen atoms in total. The van der Waals surface area contributed by atoms with Crippen LogP contribution in [0.3, 0.4) is 0 Å². The number of carbonyl (C=O) groups excluding carboxylic acids is 1. The number of hydrogen-bond donors (Lipinski definition) is 2. The Labute approximate surface area is 83.5 Å². The Morgan fingerprint density at radius 3 is 3.00 bits per heavy atom. The van der Waals surface area contributed by atoms with Crippen LogP contribution in [-0.2, 0) is 4.79 Å². The molecule has 1 heterocycles. The highest BCUT2D eigenvalue weighted by Crippen LogP contribution is 2.02. The van der Waals surface area contributed by atoms with Crippen LogP contribution in [0.1, 0.15) is 19.8 Å². The lowest BCUT2D eigenvalue weighted by Gasteiger charge is -2.09. The fourth-order valence-electron chi connectivity index (χ4n) is 1.10. The van der Waals surface area contributed by atoms with Crippen LogP contribution in [0.15, 0.2) is 24.4 Å². The number of rotatable bonds is 4. The monoisotopic (exact) mass is 193 g/mol. The number of nitrogens with zero attached hydrogens (tertiary/aromatic N) is 1. The zero-order valence-corrected chi connectivity index (χ0v) is 8.23. The van der Waals surface area contributed by atoms with E-state index in [2.05, 4.69) is 10.3 Å². The highest BCUT2D eigenvalue weighted by molar-refractivity contribution is 5.93. The third-order valence-electron chi connectivity index (χ3n) is 1.85. The molecule has 0 unspecified atom stereocenters. The minimum absolute atomic E-state index is 0.175. The van der Waals surface area contributed by atoms with Gasteiger partial charge in [-0.3, -0.25) is 4.79 Å². The standard InChI is InChI=1S/C10H15N3O/c1-2-5-8(11)10(14)13-9-6-3-4-7-12-9/h3-4,6-8H,2,5,11H2,1H3,(H,12,13,14)/t8-/m1/s1. The topological polar surface area (TPSA) is 68.0 Å². The van der Waals surface area contributed by atoms with Crippen LogP contribution in [0.2, 0.25) is 0 Å². The molecule has 0 aliphatic carbocycles. The summed E-state index contributed by atoms with van der Waals surface area (Å²) in [7, 11) is 0. The summed E-state index contributed by atoms with van der Waals surface area (Å²) in [6.45, 7) is 1.99. The van der Waals surface area contributed by atoms with Crippen molar-refractivity contribution < 1.29 is 4.79 Å². The van der Waals surface area contributed by atoms with Crippen molar-refractivity contribution in [3.05, 3.63) is 24.4 Å². The van der Waals surface area contributed by atoms with E-state index >= 15 is 0 Å². The van der Waals surface area contributed by atoms with Gasteiger partial charge in [0.05, 0.1) is 6.04 Å². The Hall–Kier alpha value is -1.42. The van der Waals surface area contributed by atoms with Gasteiger partial charge in [0.2, 0.25) is 5.91 Å². The smallest absolute Gasteiger partial charge is 0.242 e. The van der Waals surface area contributed by atoms with Crippen molar-refractivity contribution in [2.24, 2.45) is 5.73 Å². The quantitative estimate of drug-likeness (QED) is 0.753. The third-order valence-corrected chi connectivity index (χ3v) is 1.85. The SMILES string of the molecule is CCC[C@@H](N)C(=O)Nc1ccccn1. The molecular formula is C10H15N3O. The molecule has 1 atom stereocenters. The van der Waals surface area contributed by atoms with Crippen molar-refractivity contribution in [1.82, 2.24) is 4.98 Å². The summed E-state index contributed by atoms with van der Waals surface area (Å²) < 4.78 is 0. The van der Waals surface area contributed by atoms with Crippen LogP contribution >= 0.6 is 0 Å². The van der Waals surface area contributed by atoms with Gasteiger partial charge in [0.15, 0.2) is 0 Å². The number of anilines is 1. The molecule has 0 aromatic carbocycles. The average molecular weight is 193 g/mol. The molecule has 3 N–H and O–H groups in total. The molecule has 0 saturated heterocycles. The Kier molecular flexibility index (Phi) is 4.07. The molecule has 0 fully saturated rings. The zero-order chi connectivity index (χ0) is 10.4. The number of carbonyl (C=O) groups is 1. The highest BCUT2D eigenvalue weighted by atomic mass is 16.2. The van der Waals surface area contributed by atoms with E-state index in [-0.39, 0.29) is 5.91 Å². The van der Waals surface area contributed by atoms with Crippen LogP contribution in [0.4, 0.5) is 5.82 Å². The van der Waals surface area contributed by atoms with Crippen molar-refractivity contribution in [3.63, 3.8) is 0 Å². The summed E-state index contributed by atoms with van der Waals surface area (Å²) in [5, 5.41) is 2.65. The molecule has 0 aliphatic rings. The maximum atomic E-state index is 11.4. The van der Waals surface area contributed by atoms with E-state index in [0.29, 0.717) is 12.2 Å². The molecule has 76 valence electrons. The van der Waals surface area contributed by atoms with Crippen LogP contribution in [0.25, 0.3) is 0 Å². The Morgan fingerprint density at radius 2 is 2.43 bits per heavy atom. The Morgan fingerprint density at radius 1 is 1.64 bits per heavy atom. The van der Waals surface area contributed by atoms with E-state index in [1.165, 1.54) is 0 Å². The van der Waals surface area contributed by atoms with Crippen molar-refractivity contribution in [1.29, 1.82) is 0 Å². The molecule has 1 rings (SSSR count). The van der Waals surface area contributed by atoms with Gasteiger partial charge in [-0.25, -0.2) is 4.98 Å². The number of amides is 1. The van der Waals surface area contributed by atoms with Gasteiger partial charge >= 0.3 is 0 Å². The van der Waals surface area contributed by atoms with E-state index in [0.717, 1.165) is 6.42 Å². The molecular weight excluding hydrogens is 178 g/mol. The molecule has 0 saturated carbocycles. The van der Waals surface area contributed by atoms with Gasteiger partial charge in [0.25, 0.3) is 0 Å². The summed E-state index contributed by atoms with van der Waals surface area (Å²) in [4.78, 5) is 15.4. The van der Waals surface area contributed by atoms with Gasteiger partial charge in [-0.05, 0) is 18.6 Å². The summed E-state index contributed by atoms with van der Waals surface area (Å²) in [6.07, 6.45) is 3.22. The summed E-state index contributed by atoms with van der Waals surface area (Å²) in [5.74, 6) is 0.370. The number of aromatic nitrogens is 1. The molecule has 0 aliphatic heterocycles. The van der Waals surface area contributed by atoms with Gasteiger partial charge in [0.1, 0.15) is 5.82 Å².